The molecule has 0 unspecified atom stereocenters. The van der Waals surface area contributed by atoms with Gasteiger partial charge in [-0.3, -0.25) is 14.8 Å². The van der Waals surface area contributed by atoms with Crippen LogP contribution < -0.4 is 16.9 Å². The Hall–Kier alpha value is -2.11. The second-order valence-electron chi connectivity index (χ2n) is 4.76. The summed E-state index contributed by atoms with van der Waals surface area (Å²) in [5.41, 5.74) is -1.21. The average molecular weight is 264 g/mol. The Balaban J connectivity index is 2.57. The molecule has 0 saturated heterocycles. The zero-order valence-corrected chi connectivity index (χ0v) is 10.9. The zero-order chi connectivity index (χ0) is 14.0. The number of rotatable bonds is 4. The van der Waals surface area contributed by atoms with E-state index in [1.165, 1.54) is 6.07 Å². The maximum atomic E-state index is 11.8. The smallest absolute Gasteiger partial charge is 0.337 e. The SMILES string of the molecule is CC[C@H](C)CCc1cc(=O)oc2[nH]c(=O)[nH]c(=O)c12. The summed E-state index contributed by atoms with van der Waals surface area (Å²) >= 11 is 0. The van der Waals surface area contributed by atoms with Gasteiger partial charge in [0.2, 0.25) is 5.71 Å². The Morgan fingerprint density at radius 1 is 1.26 bits per heavy atom. The van der Waals surface area contributed by atoms with Gasteiger partial charge in [0.1, 0.15) is 5.39 Å². The van der Waals surface area contributed by atoms with Gasteiger partial charge >= 0.3 is 11.3 Å². The monoisotopic (exact) mass is 264 g/mol. The fourth-order valence-electron chi connectivity index (χ4n) is 1.98. The first kappa shape index (κ1) is 13.3. The summed E-state index contributed by atoms with van der Waals surface area (Å²) in [5, 5.41) is 0.252. The molecule has 2 heterocycles. The first-order valence-electron chi connectivity index (χ1n) is 6.30. The van der Waals surface area contributed by atoms with E-state index in [2.05, 4.69) is 23.8 Å². The highest BCUT2D eigenvalue weighted by atomic mass is 16.4. The summed E-state index contributed by atoms with van der Waals surface area (Å²) in [5.74, 6) is 0.504. The van der Waals surface area contributed by atoms with Crippen molar-refractivity contribution in [3.8, 4) is 0 Å². The molecular weight excluding hydrogens is 248 g/mol. The standard InChI is InChI=1S/C13H16N2O4/c1-3-7(2)4-5-8-6-9(16)19-12-10(8)11(17)14-13(18)15-12/h6-7H,3-5H2,1-2H3,(H2,14,15,17,18)/t7-/m0/s1. The highest BCUT2D eigenvalue weighted by Gasteiger charge is 2.11. The molecule has 1 atom stereocenters. The summed E-state index contributed by atoms with van der Waals surface area (Å²) in [6, 6.07) is 1.32. The first-order chi connectivity index (χ1) is 9.01. The van der Waals surface area contributed by atoms with Crippen LogP contribution in [0.25, 0.3) is 11.1 Å². The van der Waals surface area contributed by atoms with E-state index in [9.17, 15) is 14.4 Å². The number of hydrogen-bond donors (Lipinski definition) is 2. The van der Waals surface area contributed by atoms with Crippen LogP contribution in [0.4, 0.5) is 0 Å². The average Bonchev–Trinajstić information content (AvgIpc) is 2.34. The van der Waals surface area contributed by atoms with Crippen molar-refractivity contribution in [3.05, 3.63) is 42.9 Å². The normalized spacial score (nSPS) is 12.7. The largest absolute Gasteiger partial charge is 0.405 e. The third-order valence-electron chi connectivity index (χ3n) is 3.33. The summed E-state index contributed by atoms with van der Waals surface area (Å²) < 4.78 is 4.87. The van der Waals surface area contributed by atoms with Crippen LogP contribution in [0, 0.1) is 5.92 Å². The number of fused-ring (bicyclic) bond motifs is 1. The van der Waals surface area contributed by atoms with E-state index in [1.807, 2.05) is 0 Å². The molecule has 2 N–H and O–H groups in total. The van der Waals surface area contributed by atoms with Crippen molar-refractivity contribution in [1.82, 2.24) is 9.97 Å². The Morgan fingerprint density at radius 2 is 2.00 bits per heavy atom. The molecule has 0 aliphatic heterocycles. The van der Waals surface area contributed by atoms with Gasteiger partial charge in [-0.15, -0.1) is 0 Å². The quantitative estimate of drug-likeness (QED) is 0.865. The molecule has 0 fully saturated rings. The predicted octanol–water partition coefficient (Wildman–Crippen LogP) is 1.15. The van der Waals surface area contributed by atoms with Crippen LogP contribution >= 0.6 is 0 Å². The molecule has 2 rings (SSSR count). The van der Waals surface area contributed by atoms with Gasteiger partial charge in [-0.2, -0.15) is 0 Å². The molecule has 0 spiro atoms. The Labute approximate surface area is 108 Å². The number of hydrogen-bond acceptors (Lipinski definition) is 4. The van der Waals surface area contributed by atoms with Gasteiger partial charge in [0.05, 0.1) is 0 Å². The zero-order valence-electron chi connectivity index (χ0n) is 10.9. The Morgan fingerprint density at radius 3 is 2.68 bits per heavy atom. The lowest BCUT2D eigenvalue weighted by molar-refractivity contribution is 0.511. The highest BCUT2D eigenvalue weighted by molar-refractivity contribution is 5.75. The van der Waals surface area contributed by atoms with E-state index in [4.69, 9.17) is 4.42 Å². The molecule has 0 saturated carbocycles. The minimum atomic E-state index is -0.681. The van der Waals surface area contributed by atoms with E-state index in [0.717, 1.165) is 12.8 Å². The molecule has 6 nitrogen and oxygen atoms in total. The van der Waals surface area contributed by atoms with E-state index in [-0.39, 0.29) is 11.1 Å². The number of aromatic nitrogens is 2. The van der Waals surface area contributed by atoms with E-state index >= 15 is 0 Å². The lowest BCUT2D eigenvalue weighted by Gasteiger charge is -2.08. The third kappa shape index (κ3) is 2.83. The fourth-order valence-corrected chi connectivity index (χ4v) is 1.98. The number of aryl methyl sites for hydroxylation is 1. The van der Waals surface area contributed by atoms with Crippen LogP contribution in [0.15, 0.2) is 24.9 Å². The summed E-state index contributed by atoms with van der Waals surface area (Å²) in [4.78, 5) is 38.9. The number of aromatic amines is 2. The molecule has 6 heteroatoms. The minimum Gasteiger partial charge on any atom is -0.405 e. The van der Waals surface area contributed by atoms with Crippen LogP contribution in [0.3, 0.4) is 0 Å². The molecule has 0 radical (unpaired) electrons. The predicted molar refractivity (Wildman–Crippen MR) is 71.5 cm³/mol. The second-order valence-corrected chi connectivity index (χ2v) is 4.76. The first-order valence-corrected chi connectivity index (χ1v) is 6.30. The summed E-state index contributed by atoms with van der Waals surface area (Å²) in [6.07, 6.45) is 2.51. The minimum absolute atomic E-state index is 0.0552. The molecule has 102 valence electrons. The Kier molecular flexibility index (Phi) is 3.69. The summed E-state index contributed by atoms with van der Waals surface area (Å²) in [6.45, 7) is 4.20. The molecule has 2 aromatic heterocycles. The summed E-state index contributed by atoms with van der Waals surface area (Å²) in [7, 11) is 0. The van der Waals surface area contributed by atoms with E-state index in [1.54, 1.807) is 0 Å². The van der Waals surface area contributed by atoms with Crippen LogP contribution in [-0.4, -0.2) is 9.97 Å². The maximum absolute atomic E-state index is 11.8. The number of nitrogens with one attached hydrogen (secondary N) is 2. The van der Waals surface area contributed by atoms with Crippen LogP contribution in [0.1, 0.15) is 32.3 Å². The van der Waals surface area contributed by atoms with Crippen LogP contribution in [0.2, 0.25) is 0 Å². The van der Waals surface area contributed by atoms with Crippen LogP contribution in [0.5, 0.6) is 0 Å². The molecular formula is C13H16N2O4. The molecule has 0 aliphatic rings. The molecule has 0 bridgehead atoms. The van der Waals surface area contributed by atoms with Crippen molar-refractivity contribution in [2.45, 2.75) is 33.1 Å². The number of H-pyrrole nitrogens is 2. The third-order valence-corrected chi connectivity index (χ3v) is 3.33. The molecule has 19 heavy (non-hydrogen) atoms. The van der Waals surface area contributed by atoms with E-state index < -0.39 is 16.9 Å². The van der Waals surface area contributed by atoms with Gasteiger partial charge in [-0.1, -0.05) is 20.3 Å². The van der Waals surface area contributed by atoms with Crippen molar-refractivity contribution in [2.75, 3.05) is 0 Å². The maximum Gasteiger partial charge on any atom is 0.337 e. The topological polar surface area (TPSA) is 95.9 Å². The van der Waals surface area contributed by atoms with Crippen molar-refractivity contribution >= 4 is 11.1 Å². The Bertz CT molecular complexity index is 748. The van der Waals surface area contributed by atoms with Crippen molar-refractivity contribution in [2.24, 2.45) is 5.92 Å². The van der Waals surface area contributed by atoms with E-state index in [0.29, 0.717) is 17.9 Å². The second kappa shape index (κ2) is 5.26. The lowest BCUT2D eigenvalue weighted by Crippen LogP contribution is -2.24. The molecule has 0 aliphatic carbocycles. The van der Waals surface area contributed by atoms with Crippen LogP contribution in [-0.2, 0) is 6.42 Å². The van der Waals surface area contributed by atoms with Gasteiger partial charge < -0.3 is 4.42 Å². The fraction of sp³-hybridized carbons (Fsp3) is 0.462. The lowest BCUT2D eigenvalue weighted by atomic mass is 9.98. The van der Waals surface area contributed by atoms with Gasteiger partial charge in [0, 0.05) is 6.07 Å². The molecule has 0 amide bonds. The van der Waals surface area contributed by atoms with Crippen molar-refractivity contribution < 1.29 is 4.42 Å². The van der Waals surface area contributed by atoms with Gasteiger partial charge in [-0.05, 0) is 24.3 Å². The van der Waals surface area contributed by atoms with Crippen molar-refractivity contribution in [1.29, 1.82) is 0 Å². The molecule has 0 aromatic carbocycles. The highest BCUT2D eigenvalue weighted by Crippen LogP contribution is 2.15. The molecule has 2 aromatic rings. The van der Waals surface area contributed by atoms with Gasteiger partial charge in [-0.25, -0.2) is 9.59 Å². The van der Waals surface area contributed by atoms with Gasteiger partial charge in [0.25, 0.3) is 5.56 Å². The van der Waals surface area contributed by atoms with Gasteiger partial charge in [0.15, 0.2) is 0 Å². The van der Waals surface area contributed by atoms with Crippen molar-refractivity contribution in [3.63, 3.8) is 0 Å².